The molecule has 0 bridgehead atoms. The average molecular weight is 543 g/mol. The first kappa shape index (κ1) is 25.4. The molecule has 0 atom stereocenters. The molecule has 11 heteroatoms. The number of hydrogen-bond acceptors (Lipinski definition) is 8. The summed E-state index contributed by atoms with van der Waals surface area (Å²) < 4.78 is 39.8. The van der Waals surface area contributed by atoms with Crippen LogP contribution in [0.5, 0.6) is 11.6 Å². The molecule has 10 nitrogen and oxygen atoms in total. The number of nitrogens with zero attached hydrogens (tertiary/aromatic N) is 2. The van der Waals surface area contributed by atoms with E-state index >= 15 is 0 Å². The van der Waals surface area contributed by atoms with Crippen LogP contribution in [0.2, 0.25) is 0 Å². The highest BCUT2D eigenvalue weighted by Crippen LogP contribution is 2.54. The fourth-order valence-corrected chi connectivity index (χ4v) is 6.44. The predicted molar refractivity (Wildman–Crippen MR) is 141 cm³/mol. The van der Waals surface area contributed by atoms with E-state index in [1.807, 2.05) is 0 Å². The number of pyridine rings is 1. The molecule has 3 heterocycles. The molecule has 3 fully saturated rings. The van der Waals surface area contributed by atoms with E-state index in [0.717, 1.165) is 50.8 Å². The molecule has 0 radical (unpaired) electrons. The zero-order valence-electron chi connectivity index (χ0n) is 21.4. The van der Waals surface area contributed by atoms with Crippen LogP contribution in [-0.4, -0.2) is 63.4 Å². The van der Waals surface area contributed by atoms with Gasteiger partial charge in [0.15, 0.2) is 5.75 Å². The smallest absolute Gasteiger partial charge is 0.274 e. The van der Waals surface area contributed by atoms with Crippen molar-refractivity contribution in [2.24, 2.45) is 5.41 Å². The first-order valence-electron chi connectivity index (χ1n) is 13.5. The van der Waals surface area contributed by atoms with Crippen molar-refractivity contribution in [2.75, 3.05) is 43.1 Å². The third-order valence-electron chi connectivity index (χ3n) is 8.25. The van der Waals surface area contributed by atoms with Gasteiger partial charge in [-0.3, -0.25) is 4.79 Å². The third-order valence-corrected chi connectivity index (χ3v) is 9.71. The molecule has 2 aliphatic heterocycles. The average Bonchev–Trinajstić information content (AvgIpc) is 3.46. The molecule has 4 aliphatic rings. The summed E-state index contributed by atoms with van der Waals surface area (Å²) in [5.74, 6) is 0.614. The Morgan fingerprint density at radius 3 is 2.66 bits per heavy atom. The van der Waals surface area contributed by atoms with Crippen molar-refractivity contribution in [3.05, 3.63) is 35.5 Å². The van der Waals surface area contributed by atoms with Crippen LogP contribution in [0.1, 0.15) is 61.0 Å². The third kappa shape index (κ3) is 5.06. The lowest BCUT2D eigenvalue weighted by Gasteiger charge is -2.35. The van der Waals surface area contributed by atoms with E-state index in [1.54, 1.807) is 18.2 Å². The lowest BCUT2D eigenvalue weighted by molar-refractivity contribution is 0.0998. The number of fused-ring (bicyclic) bond motifs is 1. The number of anilines is 2. The highest BCUT2D eigenvalue weighted by molar-refractivity contribution is 7.89. The van der Waals surface area contributed by atoms with Gasteiger partial charge in [0.2, 0.25) is 10.0 Å². The summed E-state index contributed by atoms with van der Waals surface area (Å²) in [7, 11) is -3.80. The van der Waals surface area contributed by atoms with Crippen LogP contribution in [0.25, 0.3) is 0 Å². The highest BCUT2D eigenvalue weighted by atomic mass is 32.2. The minimum Gasteiger partial charge on any atom is -0.487 e. The number of aromatic nitrogens is 1. The second kappa shape index (κ2) is 10.0. The Hall–Kier alpha value is -2.89. The number of nitrogens with one attached hydrogen (secondary N) is 2. The molecule has 1 spiro atoms. The Morgan fingerprint density at radius 1 is 1.18 bits per heavy atom. The van der Waals surface area contributed by atoms with E-state index in [-0.39, 0.29) is 35.8 Å². The van der Waals surface area contributed by atoms with Crippen molar-refractivity contribution in [3.63, 3.8) is 0 Å². The summed E-state index contributed by atoms with van der Waals surface area (Å²) >= 11 is 0. The maximum atomic E-state index is 13.5. The van der Waals surface area contributed by atoms with Crippen molar-refractivity contribution in [2.45, 2.75) is 62.4 Å². The number of hydrogen-bond donors (Lipinski definition) is 3. The summed E-state index contributed by atoms with van der Waals surface area (Å²) in [5.41, 5.74) is 2.78. The van der Waals surface area contributed by atoms with Gasteiger partial charge in [-0.25, -0.2) is 18.1 Å². The number of aliphatic hydroxyl groups is 1. The molecule has 1 aromatic carbocycles. The van der Waals surface area contributed by atoms with Gasteiger partial charge in [-0.1, -0.05) is 0 Å². The number of amides is 1. The minimum atomic E-state index is -3.80. The van der Waals surface area contributed by atoms with Crippen LogP contribution in [0.4, 0.5) is 11.4 Å². The fraction of sp³-hybridized carbons (Fsp3) is 0.556. The maximum Gasteiger partial charge on any atom is 0.274 e. The standard InChI is InChI=1S/C27H34N4O6S/c32-14-11-28-38(34,35)20-4-5-21(23(17-20)31-12-9-27(7-8-27)10-13-31)29-25(33)22-16-18-6-15-36-24(18)26(30-22)37-19-2-1-3-19/h4-5,16-17,19,28,32H,1-3,6-15H2,(H,29,33). The quantitative estimate of drug-likeness (QED) is 0.441. The van der Waals surface area contributed by atoms with E-state index in [1.165, 1.54) is 18.9 Å². The summed E-state index contributed by atoms with van der Waals surface area (Å²) in [6.45, 7) is 1.76. The number of piperidine rings is 1. The molecule has 38 heavy (non-hydrogen) atoms. The summed E-state index contributed by atoms with van der Waals surface area (Å²) in [4.78, 5) is 20.2. The van der Waals surface area contributed by atoms with Crippen LogP contribution in [0, 0.1) is 5.41 Å². The molecule has 2 aliphatic carbocycles. The molecule has 204 valence electrons. The van der Waals surface area contributed by atoms with Gasteiger partial charge in [0, 0.05) is 31.6 Å². The SMILES string of the molecule is O=C(Nc1ccc(S(=O)(=O)NCCO)cc1N1CCC2(CC1)CC2)c1cc2c(c(OC3CCC3)n1)OCC2. The zero-order chi connectivity index (χ0) is 26.3. The Kier molecular flexibility index (Phi) is 6.69. The lowest BCUT2D eigenvalue weighted by Crippen LogP contribution is -2.35. The van der Waals surface area contributed by atoms with Crippen LogP contribution in [-0.2, 0) is 16.4 Å². The van der Waals surface area contributed by atoms with E-state index in [9.17, 15) is 13.2 Å². The summed E-state index contributed by atoms with van der Waals surface area (Å²) in [6.07, 6.45) is 8.45. The number of rotatable bonds is 9. The van der Waals surface area contributed by atoms with Crippen LogP contribution < -0.4 is 24.4 Å². The molecule has 1 saturated heterocycles. The number of benzene rings is 1. The monoisotopic (exact) mass is 542 g/mol. The highest BCUT2D eigenvalue weighted by Gasteiger charge is 2.44. The summed E-state index contributed by atoms with van der Waals surface area (Å²) in [6, 6.07) is 6.46. The van der Waals surface area contributed by atoms with Gasteiger partial charge in [0.05, 0.1) is 29.5 Å². The Morgan fingerprint density at radius 2 is 1.97 bits per heavy atom. The predicted octanol–water partition coefficient (Wildman–Crippen LogP) is 2.85. The Bertz CT molecular complexity index is 1330. The maximum absolute atomic E-state index is 13.5. The number of carbonyl (C=O) groups is 1. The molecule has 0 unspecified atom stereocenters. The van der Waals surface area contributed by atoms with Crippen LogP contribution in [0.3, 0.4) is 0 Å². The first-order valence-corrected chi connectivity index (χ1v) is 15.0. The number of ether oxygens (including phenoxy) is 2. The number of carbonyl (C=O) groups excluding carboxylic acids is 1. The zero-order valence-corrected chi connectivity index (χ0v) is 22.2. The largest absolute Gasteiger partial charge is 0.487 e. The van der Waals surface area contributed by atoms with E-state index in [0.29, 0.717) is 41.4 Å². The van der Waals surface area contributed by atoms with Gasteiger partial charge >= 0.3 is 0 Å². The second-order valence-electron chi connectivity index (χ2n) is 10.8. The molecular weight excluding hydrogens is 508 g/mol. The van der Waals surface area contributed by atoms with Crippen LogP contribution >= 0.6 is 0 Å². The van der Waals surface area contributed by atoms with E-state index < -0.39 is 10.0 Å². The topological polar surface area (TPSA) is 130 Å². The molecule has 1 amide bonds. The van der Waals surface area contributed by atoms with Gasteiger partial charge in [-0.05, 0) is 74.6 Å². The van der Waals surface area contributed by atoms with Crippen LogP contribution in [0.15, 0.2) is 29.2 Å². The normalized spacial score (nSPS) is 20.0. The first-order chi connectivity index (χ1) is 18.4. The lowest BCUT2D eigenvalue weighted by atomic mass is 9.93. The molecular formula is C27H34N4O6S. The molecule has 1 aromatic heterocycles. The molecule has 3 N–H and O–H groups in total. The van der Waals surface area contributed by atoms with Crippen molar-refractivity contribution in [3.8, 4) is 11.6 Å². The van der Waals surface area contributed by atoms with E-state index in [2.05, 4.69) is 19.9 Å². The molecule has 2 saturated carbocycles. The molecule has 2 aromatic rings. The van der Waals surface area contributed by atoms with Crippen molar-refractivity contribution in [1.29, 1.82) is 0 Å². The van der Waals surface area contributed by atoms with Crippen molar-refractivity contribution < 1.29 is 27.8 Å². The molecule has 6 rings (SSSR count). The summed E-state index contributed by atoms with van der Waals surface area (Å²) in [5, 5.41) is 12.1. The van der Waals surface area contributed by atoms with Gasteiger partial charge in [0.25, 0.3) is 11.8 Å². The number of sulfonamides is 1. The van der Waals surface area contributed by atoms with E-state index in [4.69, 9.17) is 14.6 Å². The van der Waals surface area contributed by atoms with Crippen molar-refractivity contribution >= 4 is 27.3 Å². The Labute approximate surface area is 222 Å². The van der Waals surface area contributed by atoms with Gasteiger partial charge in [0.1, 0.15) is 11.8 Å². The Balaban J connectivity index is 1.29. The van der Waals surface area contributed by atoms with Crippen molar-refractivity contribution in [1.82, 2.24) is 9.71 Å². The van der Waals surface area contributed by atoms with Gasteiger partial charge in [-0.2, -0.15) is 0 Å². The number of aliphatic hydroxyl groups excluding tert-OH is 1. The fourth-order valence-electron chi connectivity index (χ4n) is 5.40. The van der Waals surface area contributed by atoms with Gasteiger partial charge in [-0.15, -0.1) is 0 Å². The minimum absolute atomic E-state index is 0.0681. The second-order valence-corrected chi connectivity index (χ2v) is 12.6. The van der Waals surface area contributed by atoms with Gasteiger partial charge < -0.3 is 24.8 Å².